The molecule has 0 aliphatic heterocycles. The molecule has 166 valence electrons. The number of anilines is 1. The summed E-state index contributed by atoms with van der Waals surface area (Å²) in [4.78, 5) is 16.7. The number of thioether (sulfide) groups is 1. The van der Waals surface area contributed by atoms with Gasteiger partial charge in [0.2, 0.25) is 15.9 Å². The van der Waals surface area contributed by atoms with Gasteiger partial charge in [-0.05, 0) is 48.9 Å². The van der Waals surface area contributed by atoms with Gasteiger partial charge in [0, 0.05) is 12.2 Å². The standard InChI is InChI=1S/C19H20F2N4O4S2/c1-2-9-25-16-8-7-14(31(22,27)28)10-15(16)24-19(25)30-11-17(26)23-12-3-5-13(6-4-12)29-18(20)21/h3-8,10,18H,2,9,11H2,1H3,(H,23,26)(H2,22,27,28). The van der Waals surface area contributed by atoms with Gasteiger partial charge in [-0.3, -0.25) is 4.79 Å². The van der Waals surface area contributed by atoms with Crippen molar-refractivity contribution >= 4 is 44.4 Å². The molecule has 8 nitrogen and oxygen atoms in total. The van der Waals surface area contributed by atoms with Crippen molar-refractivity contribution in [1.82, 2.24) is 9.55 Å². The number of nitrogens with zero attached hydrogens (tertiary/aromatic N) is 2. The van der Waals surface area contributed by atoms with Crippen molar-refractivity contribution in [1.29, 1.82) is 0 Å². The van der Waals surface area contributed by atoms with Crippen LogP contribution in [0.3, 0.4) is 0 Å². The fourth-order valence-corrected chi connectivity index (χ4v) is 4.24. The summed E-state index contributed by atoms with van der Waals surface area (Å²) in [6, 6.07) is 10.1. The topological polar surface area (TPSA) is 116 Å². The Kier molecular flexibility index (Phi) is 7.13. The van der Waals surface area contributed by atoms with E-state index < -0.39 is 16.6 Å². The second-order valence-electron chi connectivity index (χ2n) is 6.48. The van der Waals surface area contributed by atoms with E-state index in [0.717, 1.165) is 11.9 Å². The van der Waals surface area contributed by atoms with Crippen LogP contribution in [-0.2, 0) is 21.4 Å². The van der Waals surface area contributed by atoms with Crippen molar-refractivity contribution in [2.75, 3.05) is 11.1 Å². The maximum Gasteiger partial charge on any atom is 0.387 e. The van der Waals surface area contributed by atoms with Crippen molar-refractivity contribution in [2.45, 2.75) is 36.6 Å². The number of benzene rings is 2. The molecule has 0 saturated heterocycles. The van der Waals surface area contributed by atoms with Gasteiger partial charge in [-0.15, -0.1) is 0 Å². The summed E-state index contributed by atoms with van der Waals surface area (Å²) in [5, 5.41) is 8.43. The molecule has 0 atom stereocenters. The Balaban J connectivity index is 1.71. The lowest BCUT2D eigenvalue weighted by Gasteiger charge is -2.09. The van der Waals surface area contributed by atoms with Crippen LogP contribution in [0.2, 0.25) is 0 Å². The lowest BCUT2D eigenvalue weighted by Crippen LogP contribution is -2.14. The SMILES string of the molecule is CCCn1c(SCC(=O)Nc2ccc(OC(F)F)cc2)nc2cc(S(N)(=O)=O)ccc21. The predicted octanol–water partition coefficient (Wildman–Crippen LogP) is 3.43. The molecule has 0 radical (unpaired) electrons. The lowest BCUT2D eigenvalue weighted by molar-refractivity contribution is -0.113. The van der Waals surface area contributed by atoms with Crippen LogP contribution in [-0.4, -0.2) is 36.2 Å². The van der Waals surface area contributed by atoms with Gasteiger partial charge < -0.3 is 14.6 Å². The third kappa shape index (κ3) is 5.93. The summed E-state index contributed by atoms with van der Waals surface area (Å²) < 4.78 is 53.8. The highest BCUT2D eigenvalue weighted by Crippen LogP contribution is 2.26. The number of nitrogens with one attached hydrogen (secondary N) is 1. The summed E-state index contributed by atoms with van der Waals surface area (Å²) in [6.45, 7) is -0.284. The second-order valence-corrected chi connectivity index (χ2v) is 8.99. The Morgan fingerprint density at radius 2 is 1.97 bits per heavy atom. The van der Waals surface area contributed by atoms with E-state index in [9.17, 15) is 22.0 Å². The molecule has 0 aliphatic carbocycles. The van der Waals surface area contributed by atoms with Crippen LogP contribution in [0.15, 0.2) is 52.5 Å². The molecule has 0 unspecified atom stereocenters. The quantitative estimate of drug-likeness (QED) is 0.463. The van der Waals surface area contributed by atoms with Crippen LogP contribution in [0, 0.1) is 0 Å². The van der Waals surface area contributed by atoms with Crippen molar-refractivity contribution < 1.29 is 26.7 Å². The first-order chi connectivity index (χ1) is 14.7. The van der Waals surface area contributed by atoms with Gasteiger partial charge in [-0.1, -0.05) is 18.7 Å². The van der Waals surface area contributed by atoms with Crippen LogP contribution >= 0.6 is 11.8 Å². The third-order valence-corrected chi connectivity index (χ3v) is 6.04. The molecule has 0 bridgehead atoms. The highest BCUT2D eigenvalue weighted by molar-refractivity contribution is 7.99. The number of amides is 1. The van der Waals surface area contributed by atoms with Crippen LogP contribution in [0.4, 0.5) is 14.5 Å². The fraction of sp³-hybridized carbons (Fsp3) is 0.263. The number of imidazole rings is 1. The Morgan fingerprint density at radius 3 is 2.58 bits per heavy atom. The van der Waals surface area contributed by atoms with E-state index in [0.29, 0.717) is 22.9 Å². The van der Waals surface area contributed by atoms with Gasteiger partial charge in [0.25, 0.3) is 0 Å². The molecule has 0 aliphatic rings. The molecule has 12 heteroatoms. The summed E-state index contributed by atoms with van der Waals surface area (Å²) in [6.07, 6.45) is 0.815. The number of rotatable bonds is 9. The highest BCUT2D eigenvalue weighted by atomic mass is 32.2. The number of nitrogens with two attached hydrogens (primary N) is 1. The number of carbonyl (C=O) groups is 1. The number of ether oxygens (including phenoxy) is 1. The number of hydrogen-bond acceptors (Lipinski definition) is 6. The van der Waals surface area contributed by atoms with Crippen molar-refractivity contribution in [3.05, 3.63) is 42.5 Å². The van der Waals surface area contributed by atoms with Crippen LogP contribution in [0.1, 0.15) is 13.3 Å². The third-order valence-electron chi connectivity index (χ3n) is 4.16. The van der Waals surface area contributed by atoms with Crippen molar-refractivity contribution in [2.24, 2.45) is 5.14 Å². The van der Waals surface area contributed by atoms with Crippen LogP contribution in [0.5, 0.6) is 5.75 Å². The minimum Gasteiger partial charge on any atom is -0.435 e. The summed E-state index contributed by atoms with van der Waals surface area (Å²) >= 11 is 1.20. The summed E-state index contributed by atoms with van der Waals surface area (Å²) in [7, 11) is -3.85. The monoisotopic (exact) mass is 470 g/mol. The van der Waals surface area contributed by atoms with Gasteiger partial charge in [0.05, 0.1) is 21.7 Å². The minimum absolute atomic E-state index is 0.00507. The maximum atomic E-state index is 12.3. The number of sulfonamides is 1. The zero-order valence-corrected chi connectivity index (χ0v) is 18.1. The first-order valence-electron chi connectivity index (χ1n) is 9.18. The Hall–Kier alpha value is -2.70. The number of aryl methyl sites for hydroxylation is 1. The van der Waals surface area contributed by atoms with E-state index in [-0.39, 0.29) is 22.3 Å². The molecular weight excluding hydrogens is 450 g/mol. The first kappa shape index (κ1) is 23.0. The van der Waals surface area contributed by atoms with E-state index in [1.807, 2.05) is 11.5 Å². The van der Waals surface area contributed by atoms with Crippen molar-refractivity contribution in [3.8, 4) is 5.75 Å². The zero-order chi connectivity index (χ0) is 22.6. The Bertz CT molecular complexity index is 1180. The molecule has 0 spiro atoms. The summed E-state index contributed by atoms with van der Waals surface area (Å²) in [5.41, 5.74) is 1.65. The number of primary sulfonamides is 1. The number of halogens is 2. The second kappa shape index (κ2) is 9.62. The van der Waals surface area contributed by atoms with Gasteiger partial charge >= 0.3 is 6.61 Å². The number of hydrogen-bond donors (Lipinski definition) is 2. The normalized spacial score (nSPS) is 11.8. The van der Waals surface area contributed by atoms with Gasteiger partial charge in [-0.2, -0.15) is 8.78 Å². The van der Waals surface area contributed by atoms with Gasteiger partial charge in [0.1, 0.15) is 5.75 Å². The molecular formula is C19H20F2N4O4S2. The smallest absolute Gasteiger partial charge is 0.387 e. The minimum atomic E-state index is -3.85. The predicted molar refractivity (Wildman–Crippen MR) is 114 cm³/mol. The molecule has 3 N–H and O–H groups in total. The van der Waals surface area contributed by atoms with Gasteiger partial charge in [0.15, 0.2) is 5.16 Å². The average Bonchev–Trinajstić information content (AvgIpc) is 3.04. The number of alkyl halides is 2. The fourth-order valence-electron chi connectivity index (χ4n) is 2.86. The van der Waals surface area contributed by atoms with Crippen LogP contribution in [0.25, 0.3) is 11.0 Å². The Morgan fingerprint density at radius 1 is 1.26 bits per heavy atom. The van der Waals surface area contributed by atoms with Crippen molar-refractivity contribution in [3.63, 3.8) is 0 Å². The maximum absolute atomic E-state index is 12.3. The number of carbonyl (C=O) groups excluding carboxylic acids is 1. The molecule has 2 aromatic carbocycles. The molecule has 1 amide bonds. The average molecular weight is 471 g/mol. The van der Waals surface area contributed by atoms with E-state index >= 15 is 0 Å². The summed E-state index contributed by atoms with van der Waals surface area (Å²) in [5.74, 6) is -0.271. The van der Waals surface area contributed by atoms with Gasteiger partial charge in [-0.25, -0.2) is 18.5 Å². The molecule has 0 saturated carbocycles. The number of fused-ring (bicyclic) bond motifs is 1. The molecule has 1 aromatic heterocycles. The Labute approximate surface area is 181 Å². The van der Waals surface area contributed by atoms with Crippen LogP contribution < -0.4 is 15.2 Å². The molecule has 0 fully saturated rings. The molecule has 3 aromatic rings. The van der Waals surface area contributed by atoms with E-state index in [1.165, 1.54) is 48.2 Å². The molecule has 3 rings (SSSR count). The van der Waals surface area contributed by atoms with E-state index in [2.05, 4.69) is 15.0 Å². The van der Waals surface area contributed by atoms with E-state index in [4.69, 9.17) is 5.14 Å². The van der Waals surface area contributed by atoms with E-state index in [1.54, 1.807) is 6.07 Å². The lowest BCUT2D eigenvalue weighted by atomic mass is 10.3. The molecule has 1 heterocycles. The largest absolute Gasteiger partial charge is 0.435 e. The highest BCUT2D eigenvalue weighted by Gasteiger charge is 2.16. The zero-order valence-electron chi connectivity index (χ0n) is 16.4. The molecule has 31 heavy (non-hydrogen) atoms. The number of aromatic nitrogens is 2. The first-order valence-corrected chi connectivity index (χ1v) is 11.7.